The van der Waals surface area contributed by atoms with Crippen molar-refractivity contribution in [1.29, 1.82) is 0 Å². The van der Waals surface area contributed by atoms with Gasteiger partial charge in [0.2, 0.25) is 17.7 Å². The van der Waals surface area contributed by atoms with Crippen LogP contribution in [0, 0.1) is 3.57 Å². The lowest BCUT2D eigenvalue weighted by molar-refractivity contribution is -0.129. The van der Waals surface area contributed by atoms with E-state index in [-0.39, 0.29) is 23.8 Å². The Bertz CT molecular complexity index is 8090. The molecule has 0 spiro atoms. The highest BCUT2D eigenvalue weighted by Gasteiger charge is 2.31. The van der Waals surface area contributed by atoms with Crippen molar-refractivity contribution in [3.63, 3.8) is 0 Å². The summed E-state index contributed by atoms with van der Waals surface area (Å²) in [5.41, 5.74) is 15.2. The van der Waals surface area contributed by atoms with Gasteiger partial charge in [-0.3, -0.25) is 62.5 Å². The van der Waals surface area contributed by atoms with E-state index >= 15 is 0 Å². The molecule has 5 aliphatic heterocycles. The number of fused-ring (bicyclic) bond motifs is 8. The van der Waals surface area contributed by atoms with E-state index in [0.29, 0.717) is 62.4 Å². The fourth-order valence-corrected chi connectivity index (χ4v) is 23.0. The van der Waals surface area contributed by atoms with Gasteiger partial charge in [-0.05, 0) is 200 Å². The molecule has 5 aliphatic rings. The maximum absolute atomic E-state index is 12.2. The molecule has 0 unspecified atom stereocenters. The average molecular weight is 2520 g/mol. The Morgan fingerprint density at radius 1 is 0.360 bits per heavy atom. The van der Waals surface area contributed by atoms with Gasteiger partial charge in [-0.2, -0.15) is 10.2 Å². The molecule has 18 aromatic rings. The molecule has 5 fully saturated rings. The first kappa shape index (κ1) is 108. The van der Waals surface area contributed by atoms with Crippen LogP contribution in [0.3, 0.4) is 0 Å². The Hall–Kier alpha value is -11.3. The van der Waals surface area contributed by atoms with E-state index in [0.717, 1.165) is 268 Å². The van der Waals surface area contributed by atoms with Crippen molar-refractivity contribution in [2.75, 3.05) is 163 Å². The molecular formula is C106H102Br4Cl5IN26O6S2. The number of nitrogens with zero attached hydrogens (tertiary/aromatic N) is 25. The second kappa shape index (κ2) is 48.3. The van der Waals surface area contributed by atoms with E-state index in [4.69, 9.17) is 72.5 Å². The highest BCUT2D eigenvalue weighted by Crippen LogP contribution is 2.44. The third-order valence-electron chi connectivity index (χ3n) is 25.9. The van der Waals surface area contributed by atoms with Crippen molar-refractivity contribution < 1.29 is 28.7 Å². The van der Waals surface area contributed by atoms with Crippen molar-refractivity contribution in [3.8, 4) is 28.0 Å². The lowest BCUT2D eigenvalue weighted by Gasteiger charge is -2.37. The molecule has 4 amide bonds. The normalized spacial score (nSPS) is 14.5. The van der Waals surface area contributed by atoms with Gasteiger partial charge in [0.05, 0.1) is 141 Å². The van der Waals surface area contributed by atoms with E-state index in [1.54, 1.807) is 48.3 Å². The van der Waals surface area contributed by atoms with Gasteiger partial charge < -0.3 is 58.9 Å². The van der Waals surface area contributed by atoms with Crippen LogP contribution in [0.1, 0.15) is 41.5 Å². The van der Waals surface area contributed by atoms with Crippen molar-refractivity contribution in [2.24, 2.45) is 14.1 Å². The van der Waals surface area contributed by atoms with Gasteiger partial charge in [0.15, 0.2) is 27.4 Å². The second-order valence-electron chi connectivity index (χ2n) is 36.9. The molecule has 23 rings (SSSR count). The zero-order valence-electron chi connectivity index (χ0n) is 83.0. The molecule has 0 saturated carbocycles. The molecule has 0 bridgehead atoms. The van der Waals surface area contributed by atoms with Crippen LogP contribution in [0.25, 0.3) is 99.0 Å². The number of nitrogens with one attached hydrogen (secondary N) is 1. The zero-order chi connectivity index (χ0) is 105. The monoisotopic (exact) mass is 2520 g/mol. The number of aryl methyl sites for hydroxylation is 2. The first-order valence-corrected chi connectivity index (χ1v) is 55.9. The van der Waals surface area contributed by atoms with E-state index < -0.39 is 5.60 Å². The minimum Gasteiger partial charge on any atom is -0.494 e. The van der Waals surface area contributed by atoms with Crippen LogP contribution in [0.4, 0.5) is 33.2 Å². The van der Waals surface area contributed by atoms with Crippen LogP contribution in [-0.4, -0.2) is 266 Å². The molecule has 0 atom stereocenters. The summed E-state index contributed by atoms with van der Waals surface area (Å²) in [6.07, 6.45) is 22.4. The van der Waals surface area contributed by atoms with Crippen LogP contribution < -0.4 is 34.6 Å². The third kappa shape index (κ3) is 25.6. The second-order valence-corrected chi connectivity index (χ2v) is 45.7. The van der Waals surface area contributed by atoms with E-state index in [9.17, 15) is 19.2 Å². The van der Waals surface area contributed by atoms with E-state index in [1.807, 2.05) is 248 Å². The zero-order valence-corrected chi connectivity index (χ0v) is 96.9. The van der Waals surface area contributed by atoms with Crippen molar-refractivity contribution in [3.05, 3.63) is 254 Å². The number of amides is 4. The average Bonchev–Trinajstić information content (AvgIpc) is 1.20. The van der Waals surface area contributed by atoms with Gasteiger partial charge in [-0.25, -0.2) is 4.79 Å². The quantitative estimate of drug-likeness (QED) is 0.111. The van der Waals surface area contributed by atoms with Gasteiger partial charge in [-0.1, -0.05) is 122 Å². The molecule has 1 N–H and O–H groups in total. The number of piperazine rings is 5. The number of aromatic nitrogens is 16. The van der Waals surface area contributed by atoms with Gasteiger partial charge in [-0.15, -0.1) is 20.4 Å². The smallest absolute Gasteiger partial charge is 0.410 e. The number of hydrogen-bond donors (Lipinski definition) is 1. The van der Waals surface area contributed by atoms with Crippen LogP contribution in [0.15, 0.2) is 246 Å². The van der Waals surface area contributed by atoms with Crippen LogP contribution in [-0.2, 0) is 33.2 Å². The number of carbonyl (C=O) groups excluding carboxylic acids is 4. The van der Waals surface area contributed by atoms with Crippen LogP contribution >= 0.6 is 168 Å². The van der Waals surface area contributed by atoms with Crippen molar-refractivity contribution in [1.82, 2.24) is 104 Å². The lowest BCUT2D eigenvalue weighted by Crippen LogP contribution is -2.50. The number of anilines is 5. The fourth-order valence-electron chi connectivity index (χ4n) is 17.9. The van der Waals surface area contributed by atoms with Crippen molar-refractivity contribution >= 4 is 297 Å². The lowest BCUT2D eigenvalue weighted by atomic mass is 10.1. The summed E-state index contributed by atoms with van der Waals surface area (Å²) >= 11 is 51.8. The van der Waals surface area contributed by atoms with Crippen LogP contribution in [0.5, 0.6) is 5.75 Å². The van der Waals surface area contributed by atoms with E-state index in [1.165, 1.54) is 23.5 Å². The predicted octanol–water partition coefficient (Wildman–Crippen LogP) is 23.0. The summed E-state index contributed by atoms with van der Waals surface area (Å²) in [5.74, 6) is 1.13. The highest BCUT2D eigenvalue weighted by molar-refractivity contribution is 14.1. The summed E-state index contributed by atoms with van der Waals surface area (Å²) in [6.45, 7) is 25.7. The highest BCUT2D eigenvalue weighted by atomic mass is 127. The standard InChI is InChI=1S/C26H26N8O2S.C25H23ClN8OS.C18H21BrClN3O2.C15H15BrClN3O.C13H13BrClN3.C9H4BrClIN/c1-17(35)32-8-10-33(11-9-32)23-14-27-22-6-5-20(12-21(22)25(23)36-3)37-26-30-29-24-7-4-18(16-34(24)26)19-13-28-31(2)15-19;1-16(35)32-7-9-33(10-8-32)22-13-27-21-5-4-19(11-20(21)24(22)26)36-25-30-29-23-6-3-17(15-34(23)25)18-12-28-31(2)14-18;1-18(2,3)25-17(24)23-8-6-22(7-9-23)15-11-21-14-5-4-12(19)10-13(14)16(15)20;1-10(21)19-4-6-20(7-5-19)14-9-18-13-3-2-11(16)8-12(13)15(14)17;14-9-1-2-11-10(7-9)13(15)12(8-17-11)18-5-3-16-4-6-18;10-5-1-2-8-6(3-5)9(11)7(12)4-13-8/h4-7,12-16H,8-11H2,1-3H3;3-6,11-15H,7-10H2,1-2H3;4-5,10-11H,6-9H2,1-3H3;2-3,8-9H,4-7H2,1H3;1-2,7-8,16H,3-6H2;1-4H. The molecule has 32 nitrogen and oxygen atoms in total. The number of hydrogen-bond acceptors (Lipinski definition) is 26. The largest absolute Gasteiger partial charge is 0.494 e. The molecule has 150 heavy (non-hydrogen) atoms. The topological polar surface area (TPSA) is 301 Å². The first-order valence-electron chi connectivity index (χ1n) is 48.1. The summed E-state index contributed by atoms with van der Waals surface area (Å²) in [4.78, 5) is 94.5. The number of methoxy groups -OCH3 is 1. The number of pyridine rings is 8. The summed E-state index contributed by atoms with van der Waals surface area (Å²) in [5, 5.41) is 40.3. The Kier molecular flexibility index (Phi) is 35.0. The van der Waals surface area contributed by atoms with Gasteiger partial charge in [0.1, 0.15) is 5.60 Å². The SMILES string of the molecule is CC(=O)N1CCN(c2cnc3ccc(Br)cc3c2Cl)CC1.CC(=O)N1CCN(c2cnc3ccc(Sc4nnc5ccc(-c6cnn(C)c6)cn45)cc3c2Cl)CC1.CC(C)(C)OC(=O)N1CCN(c2cnc3ccc(Br)cc3c2Cl)CC1.COc1c(N2CCN(C(C)=O)CC2)cnc2ccc(Sc3nnc4ccc(-c5cnn(C)c5)cn34)cc12.Clc1c(I)cnc2ccc(Br)cc12.Clc1c(N2CCNCC2)cnc2ccc(Br)cc12. The van der Waals surface area contributed by atoms with Crippen LogP contribution in [0.2, 0.25) is 25.1 Å². The Labute approximate surface area is 946 Å². The molecule has 12 aromatic heterocycles. The Morgan fingerprint density at radius 2 is 0.673 bits per heavy atom. The maximum atomic E-state index is 12.2. The first-order chi connectivity index (χ1) is 72.2. The molecule has 44 heteroatoms. The summed E-state index contributed by atoms with van der Waals surface area (Å²) in [6, 6.07) is 43.8. The molecular weight excluding hydrogens is 2420 g/mol. The minimum absolute atomic E-state index is 0.104. The number of carbonyl (C=O) groups is 4. The predicted molar refractivity (Wildman–Crippen MR) is 623 cm³/mol. The number of ether oxygens (including phenoxy) is 2. The van der Waals surface area contributed by atoms with E-state index in [2.05, 4.69) is 184 Å². The fraction of sp³-hybridized carbons (Fsp3) is 0.283. The molecule has 5 saturated heterocycles. The van der Waals surface area contributed by atoms with Gasteiger partial charge >= 0.3 is 6.09 Å². The van der Waals surface area contributed by atoms with Gasteiger partial charge in [0.25, 0.3) is 0 Å². The minimum atomic E-state index is -0.479. The third-order valence-corrected chi connectivity index (χ3v) is 32.9. The molecule has 17 heterocycles. The Balaban J connectivity index is 0.000000121. The Morgan fingerprint density at radius 3 is 1.02 bits per heavy atom. The number of rotatable bonds is 12. The van der Waals surface area contributed by atoms with Gasteiger partial charge in [0, 0.05) is 279 Å². The molecule has 6 aromatic carbocycles. The maximum Gasteiger partial charge on any atom is 0.410 e. The van der Waals surface area contributed by atoms with Crippen molar-refractivity contribution in [2.45, 2.75) is 67.2 Å². The number of benzene rings is 6. The summed E-state index contributed by atoms with van der Waals surface area (Å²) < 4.78 is 23.9. The molecule has 0 aliphatic carbocycles. The molecule has 774 valence electrons. The number of halogens is 10. The molecule has 0 radical (unpaired) electrons. The summed E-state index contributed by atoms with van der Waals surface area (Å²) in [7, 11) is 5.50.